The minimum Gasteiger partial charge on any atom is -0.399 e. The van der Waals surface area contributed by atoms with Gasteiger partial charge in [-0.2, -0.15) is 0 Å². The molecule has 1 aliphatic rings. The van der Waals surface area contributed by atoms with E-state index in [1.807, 2.05) is 28.9 Å². The van der Waals surface area contributed by atoms with E-state index < -0.39 is 0 Å². The number of anilines is 1. The van der Waals surface area contributed by atoms with Gasteiger partial charge in [0.2, 0.25) is 0 Å². The Bertz CT molecular complexity index is 567. The fourth-order valence-electron chi connectivity index (χ4n) is 3.35. The van der Waals surface area contributed by atoms with Gasteiger partial charge in [0.1, 0.15) is 0 Å². The molecular weight excluding hydrogens is 262 g/mol. The standard InChI is InChI=1S/C16H23N5/c1-2-3-12-4-10-15(11-5-12)21-16(18-19-20-21)13-6-8-14(17)9-7-13/h6-9,12,15H,2-5,10-11,17H2,1H3. The largest absolute Gasteiger partial charge is 0.399 e. The molecular formula is C16H23N5. The second kappa shape index (κ2) is 6.24. The molecule has 5 nitrogen and oxygen atoms in total. The summed E-state index contributed by atoms with van der Waals surface area (Å²) < 4.78 is 2.01. The summed E-state index contributed by atoms with van der Waals surface area (Å²) in [6, 6.07) is 8.19. The first-order valence-electron chi connectivity index (χ1n) is 7.91. The third-order valence-corrected chi connectivity index (χ3v) is 4.52. The van der Waals surface area contributed by atoms with Gasteiger partial charge >= 0.3 is 0 Å². The third-order valence-electron chi connectivity index (χ3n) is 4.52. The highest BCUT2D eigenvalue weighted by molar-refractivity contribution is 5.58. The van der Waals surface area contributed by atoms with Crippen LogP contribution in [0.5, 0.6) is 0 Å². The van der Waals surface area contributed by atoms with Crippen LogP contribution in [0.1, 0.15) is 51.5 Å². The van der Waals surface area contributed by atoms with Crippen LogP contribution < -0.4 is 5.73 Å². The zero-order valence-corrected chi connectivity index (χ0v) is 12.6. The maximum Gasteiger partial charge on any atom is 0.182 e. The van der Waals surface area contributed by atoms with E-state index in [0.717, 1.165) is 23.0 Å². The van der Waals surface area contributed by atoms with Crippen molar-refractivity contribution >= 4 is 5.69 Å². The smallest absolute Gasteiger partial charge is 0.182 e. The van der Waals surface area contributed by atoms with Crippen molar-refractivity contribution in [3.63, 3.8) is 0 Å². The SMILES string of the molecule is CCCC1CCC(n2nnnc2-c2ccc(N)cc2)CC1. The Morgan fingerprint density at radius 3 is 2.52 bits per heavy atom. The van der Waals surface area contributed by atoms with Gasteiger partial charge in [-0.3, -0.25) is 0 Å². The monoisotopic (exact) mass is 285 g/mol. The van der Waals surface area contributed by atoms with Crippen LogP contribution in [0.4, 0.5) is 5.69 Å². The van der Waals surface area contributed by atoms with Crippen LogP contribution in [0, 0.1) is 5.92 Å². The zero-order chi connectivity index (χ0) is 14.7. The summed E-state index contributed by atoms with van der Waals surface area (Å²) in [4.78, 5) is 0. The molecule has 0 radical (unpaired) electrons. The molecule has 0 saturated heterocycles. The van der Waals surface area contributed by atoms with E-state index in [1.54, 1.807) is 0 Å². The molecule has 5 heteroatoms. The molecule has 1 fully saturated rings. The number of rotatable bonds is 4. The van der Waals surface area contributed by atoms with Crippen LogP contribution in [0.2, 0.25) is 0 Å². The molecule has 0 spiro atoms. The van der Waals surface area contributed by atoms with Gasteiger partial charge in [0.15, 0.2) is 5.82 Å². The van der Waals surface area contributed by atoms with Gasteiger partial charge in [-0.15, -0.1) is 5.10 Å². The van der Waals surface area contributed by atoms with E-state index in [0.29, 0.717) is 6.04 Å². The highest BCUT2D eigenvalue weighted by Crippen LogP contribution is 2.35. The minimum atomic E-state index is 0.431. The summed E-state index contributed by atoms with van der Waals surface area (Å²) in [5.74, 6) is 1.75. The molecule has 21 heavy (non-hydrogen) atoms. The van der Waals surface area contributed by atoms with Gasteiger partial charge in [-0.25, -0.2) is 4.68 Å². The quantitative estimate of drug-likeness (QED) is 0.873. The molecule has 0 amide bonds. The van der Waals surface area contributed by atoms with Gasteiger partial charge in [0.05, 0.1) is 6.04 Å². The Morgan fingerprint density at radius 2 is 1.86 bits per heavy atom. The van der Waals surface area contributed by atoms with Crippen molar-refractivity contribution < 1.29 is 0 Å². The number of nitrogens with two attached hydrogens (primary N) is 1. The maximum atomic E-state index is 5.75. The normalized spacial score (nSPS) is 22.3. The molecule has 2 aromatic rings. The van der Waals surface area contributed by atoms with Crippen molar-refractivity contribution in [3.05, 3.63) is 24.3 Å². The minimum absolute atomic E-state index is 0.431. The van der Waals surface area contributed by atoms with Crippen LogP contribution in [0.15, 0.2) is 24.3 Å². The number of tetrazole rings is 1. The molecule has 2 N–H and O–H groups in total. The van der Waals surface area contributed by atoms with Gasteiger partial charge in [-0.1, -0.05) is 19.8 Å². The molecule has 1 heterocycles. The fraction of sp³-hybridized carbons (Fsp3) is 0.562. The van der Waals surface area contributed by atoms with Gasteiger partial charge in [-0.05, 0) is 66.3 Å². The first-order valence-corrected chi connectivity index (χ1v) is 7.91. The Hall–Kier alpha value is -1.91. The van der Waals surface area contributed by atoms with E-state index in [2.05, 4.69) is 22.4 Å². The Morgan fingerprint density at radius 1 is 1.14 bits per heavy atom. The van der Waals surface area contributed by atoms with Crippen LogP contribution in [0.3, 0.4) is 0 Å². The number of nitrogen functional groups attached to an aromatic ring is 1. The number of aromatic nitrogens is 4. The number of nitrogens with zero attached hydrogens (tertiary/aromatic N) is 4. The molecule has 1 aliphatic carbocycles. The van der Waals surface area contributed by atoms with Crippen LogP contribution >= 0.6 is 0 Å². The average Bonchev–Trinajstić information content (AvgIpc) is 2.99. The van der Waals surface area contributed by atoms with E-state index >= 15 is 0 Å². The van der Waals surface area contributed by atoms with Gasteiger partial charge < -0.3 is 5.73 Å². The molecule has 112 valence electrons. The second-order valence-corrected chi connectivity index (χ2v) is 6.03. The van der Waals surface area contributed by atoms with E-state index in [9.17, 15) is 0 Å². The number of hydrogen-bond donors (Lipinski definition) is 1. The van der Waals surface area contributed by atoms with E-state index in [4.69, 9.17) is 5.73 Å². The van der Waals surface area contributed by atoms with Crippen molar-refractivity contribution in [2.24, 2.45) is 5.92 Å². The highest BCUT2D eigenvalue weighted by Gasteiger charge is 2.25. The molecule has 0 unspecified atom stereocenters. The molecule has 3 rings (SSSR count). The molecule has 1 aromatic heterocycles. The third kappa shape index (κ3) is 3.06. The lowest BCUT2D eigenvalue weighted by atomic mass is 9.83. The van der Waals surface area contributed by atoms with Crippen LogP contribution in [-0.4, -0.2) is 20.2 Å². The Labute approximate surface area is 125 Å². The predicted octanol–water partition coefficient (Wildman–Crippen LogP) is 3.45. The van der Waals surface area contributed by atoms with Crippen LogP contribution in [-0.2, 0) is 0 Å². The van der Waals surface area contributed by atoms with Crippen LogP contribution in [0.25, 0.3) is 11.4 Å². The van der Waals surface area contributed by atoms with Crippen molar-refractivity contribution in [2.75, 3.05) is 5.73 Å². The predicted molar refractivity (Wildman–Crippen MR) is 83.6 cm³/mol. The highest BCUT2D eigenvalue weighted by atomic mass is 15.5. The van der Waals surface area contributed by atoms with E-state index in [1.165, 1.54) is 38.5 Å². The van der Waals surface area contributed by atoms with Crippen molar-refractivity contribution in [3.8, 4) is 11.4 Å². The fourth-order valence-corrected chi connectivity index (χ4v) is 3.35. The first-order chi connectivity index (χ1) is 10.3. The molecule has 0 aliphatic heterocycles. The topological polar surface area (TPSA) is 69.6 Å². The summed E-state index contributed by atoms with van der Waals surface area (Å²) in [5, 5.41) is 12.3. The zero-order valence-electron chi connectivity index (χ0n) is 12.6. The molecule has 0 bridgehead atoms. The summed E-state index contributed by atoms with van der Waals surface area (Å²) >= 11 is 0. The summed E-state index contributed by atoms with van der Waals surface area (Å²) in [6.07, 6.45) is 7.58. The lowest BCUT2D eigenvalue weighted by Gasteiger charge is -2.28. The molecule has 1 aromatic carbocycles. The molecule has 0 atom stereocenters. The first kappa shape index (κ1) is 14.0. The lowest BCUT2D eigenvalue weighted by molar-refractivity contribution is 0.249. The Balaban J connectivity index is 1.76. The summed E-state index contributed by atoms with van der Waals surface area (Å²) in [5.41, 5.74) is 7.54. The van der Waals surface area contributed by atoms with E-state index in [-0.39, 0.29) is 0 Å². The second-order valence-electron chi connectivity index (χ2n) is 6.03. The van der Waals surface area contributed by atoms with Gasteiger partial charge in [0, 0.05) is 11.3 Å². The number of benzene rings is 1. The van der Waals surface area contributed by atoms with Crippen molar-refractivity contribution in [1.82, 2.24) is 20.2 Å². The lowest BCUT2D eigenvalue weighted by Crippen LogP contribution is -2.20. The average molecular weight is 285 g/mol. The summed E-state index contributed by atoms with van der Waals surface area (Å²) in [6.45, 7) is 2.27. The summed E-state index contributed by atoms with van der Waals surface area (Å²) in [7, 11) is 0. The Kier molecular flexibility index (Phi) is 4.18. The maximum absolute atomic E-state index is 5.75. The van der Waals surface area contributed by atoms with Crippen molar-refractivity contribution in [2.45, 2.75) is 51.5 Å². The molecule has 1 saturated carbocycles. The van der Waals surface area contributed by atoms with Gasteiger partial charge in [0.25, 0.3) is 0 Å². The van der Waals surface area contributed by atoms with Crippen molar-refractivity contribution in [1.29, 1.82) is 0 Å². The number of hydrogen-bond acceptors (Lipinski definition) is 4.